The van der Waals surface area contributed by atoms with E-state index >= 15 is 0 Å². The minimum atomic E-state index is -0.179. The van der Waals surface area contributed by atoms with Gasteiger partial charge in [-0.3, -0.25) is 9.69 Å². The van der Waals surface area contributed by atoms with E-state index in [2.05, 4.69) is 17.1 Å². The molecule has 1 aliphatic carbocycles. The molecule has 0 radical (unpaired) electrons. The molecule has 2 aromatic carbocycles. The van der Waals surface area contributed by atoms with Gasteiger partial charge < -0.3 is 15.8 Å². The monoisotopic (exact) mass is 351 g/mol. The average molecular weight is 351 g/mol. The zero-order chi connectivity index (χ0) is 18.1. The summed E-state index contributed by atoms with van der Waals surface area (Å²) in [5, 5.41) is 2.83. The Bertz CT molecular complexity index is 793. The molecule has 1 aliphatic heterocycles. The van der Waals surface area contributed by atoms with Crippen LogP contribution in [0.25, 0.3) is 0 Å². The highest BCUT2D eigenvalue weighted by molar-refractivity contribution is 6.05. The first-order valence-electron chi connectivity index (χ1n) is 9.16. The standard InChI is InChI=1S/C21H25N3O2/c1-21(10-11-21)14-24-12-17(13-24)26-16-8-6-15(7-9-16)20(25)23-19-5-3-2-4-18(19)22/h2-9,17H,10-14,22H2,1H3,(H,23,25). The largest absolute Gasteiger partial charge is 0.488 e. The van der Waals surface area contributed by atoms with Gasteiger partial charge in [0.1, 0.15) is 11.9 Å². The summed E-state index contributed by atoms with van der Waals surface area (Å²) in [5.74, 6) is 0.630. The second-order valence-electron chi connectivity index (χ2n) is 7.81. The number of amides is 1. The van der Waals surface area contributed by atoms with Gasteiger partial charge >= 0.3 is 0 Å². The molecule has 0 atom stereocenters. The van der Waals surface area contributed by atoms with Crippen molar-refractivity contribution in [3.05, 3.63) is 54.1 Å². The quantitative estimate of drug-likeness (QED) is 0.783. The minimum Gasteiger partial charge on any atom is -0.488 e. The van der Waals surface area contributed by atoms with Crippen LogP contribution in [0, 0.1) is 5.41 Å². The molecule has 26 heavy (non-hydrogen) atoms. The molecule has 2 fully saturated rings. The van der Waals surface area contributed by atoms with Crippen LogP contribution < -0.4 is 15.8 Å². The number of hydrogen-bond donors (Lipinski definition) is 2. The van der Waals surface area contributed by atoms with E-state index in [9.17, 15) is 4.79 Å². The van der Waals surface area contributed by atoms with Crippen molar-refractivity contribution in [1.29, 1.82) is 0 Å². The Labute approximate surface area is 154 Å². The number of benzene rings is 2. The second-order valence-corrected chi connectivity index (χ2v) is 7.81. The SMILES string of the molecule is CC1(CN2CC(Oc3ccc(C(=O)Nc4ccccc4N)cc3)C2)CC1. The second kappa shape index (κ2) is 6.65. The molecule has 0 spiro atoms. The van der Waals surface area contributed by atoms with Crippen LogP contribution in [0.1, 0.15) is 30.1 Å². The summed E-state index contributed by atoms with van der Waals surface area (Å²) in [7, 11) is 0. The fourth-order valence-corrected chi connectivity index (χ4v) is 3.32. The van der Waals surface area contributed by atoms with Crippen molar-refractivity contribution < 1.29 is 9.53 Å². The number of rotatable bonds is 6. The summed E-state index contributed by atoms with van der Waals surface area (Å²) in [5.41, 5.74) is 8.17. The van der Waals surface area contributed by atoms with Gasteiger partial charge in [0, 0.05) is 25.2 Å². The molecule has 0 unspecified atom stereocenters. The Morgan fingerprint density at radius 1 is 1.19 bits per heavy atom. The number of anilines is 2. The molecule has 1 heterocycles. The lowest BCUT2D eigenvalue weighted by Crippen LogP contribution is -2.55. The summed E-state index contributed by atoms with van der Waals surface area (Å²) in [4.78, 5) is 14.8. The van der Waals surface area contributed by atoms with Crippen LogP contribution in [0.5, 0.6) is 5.75 Å². The van der Waals surface area contributed by atoms with E-state index in [0.717, 1.165) is 18.8 Å². The predicted octanol–water partition coefficient (Wildman–Crippen LogP) is 3.38. The van der Waals surface area contributed by atoms with E-state index in [1.165, 1.54) is 19.4 Å². The van der Waals surface area contributed by atoms with Crippen LogP contribution in [0.3, 0.4) is 0 Å². The van der Waals surface area contributed by atoms with E-state index in [1.54, 1.807) is 24.3 Å². The Kier molecular flexibility index (Phi) is 4.32. The van der Waals surface area contributed by atoms with Crippen molar-refractivity contribution in [1.82, 2.24) is 4.90 Å². The van der Waals surface area contributed by atoms with Crippen LogP contribution in [-0.4, -0.2) is 36.5 Å². The molecule has 5 nitrogen and oxygen atoms in total. The van der Waals surface area contributed by atoms with E-state index < -0.39 is 0 Å². The van der Waals surface area contributed by atoms with Crippen LogP contribution in [-0.2, 0) is 0 Å². The number of nitrogens with zero attached hydrogens (tertiary/aromatic N) is 1. The third kappa shape index (κ3) is 3.83. The van der Waals surface area contributed by atoms with Gasteiger partial charge in [0.15, 0.2) is 0 Å². The number of likely N-dealkylation sites (tertiary alicyclic amines) is 1. The highest BCUT2D eigenvalue weighted by atomic mass is 16.5. The Morgan fingerprint density at radius 3 is 2.54 bits per heavy atom. The van der Waals surface area contributed by atoms with Crippen molar-refractivity contribution in [2.24, 2.45) is 5.41 Å². The van der Waals surface area contributed by atoms with E-state index in [-0.39, 0.29) is 12.0 Å². The zero-order valence-electron chi connectivity index (χ0n) is 15.1. The number of para-hydroxylation sites is 2. The topological polar surface area (TPSA) is 67.6 Å². The van der Waals surface area contributed by atoms with Crippen molar-refractivity contribution in [2.45, 2.75) is 25.9 Å². The fourth-order valence-electron chi connectivity index (χ4n) is 3.32. The van der Waals surface area contributed by atoms with E-state index in [0.29, 0.717) is 22.4 Å². The molecular formula is C21H25N3O2. The van der Waals surface area contributed by atoms with E-state index in [1.807, 2.05) is 24.3 Å². The molecule has 3 N–H and O–H groups in total. The maximum absolute atomic E-state index is 12.3. The number of hydrogen-bond acceptors (Lipinski definition) is 4. The fraction of sp³-hybridized carbons (Fsp3) is 0.381. The Balaban J connectivity index is 1.28. The molecule has 1 amide bonds. The number of ether oxygens (including phenoxy) is 1. The van der Waals surface area contributed by atoms with Gasteiger partial charge in [0.25, 0.3) is 5.91 Å². The number of nitrogens with two attached hydrogens (primary N) is 1. The van der Waals surface area contributed by atoms with Gasteiger partial charge in [-0.05, 0) is 54.7 Å². The smallest absolute Gasteiger partial charge is 0.255 e. The molecule has 4 rings (SSSR count). The summed E-state index contributed by atoms with van der Waals surface area (Å²) in [6.07, 6.45) is 2.96. The van der Waals surface area contributed by atoms with Crippen LogP contribution in [0.4, 0.5) is 11.4 Å². The molecular weight excluding hydrogens is 326 g/mol. The number of carbonyl (C=O) groups is 1. The first-order chi connectivity index (χ1) is 12.5. The lowest BCUT2D eigenvalue weighted by molar-refractivity contribution is 0.00898. The summed E-state index contributed by atoms with van der Waals surface area (Å²) < 4.78 is 5.99. The molecule has 5 heteroatoms. The highest BCUT2D eigenvalue weighted by Crippen LogP contribution is 2.46. The van der Waals surface area contributed by atoms with Crippen molar-refractivity contribution >= 4 is 17.3 Å². The summed E-state index contributed by atoms with van der Waals surface area (Å²) >= 11 is 0. The number of nitrogens with one attached hydrogen (secondary N) is 1. The number of nitrogen functional groups attached to an aromatic ring is 1. The third-order valence-electron chi connectivity index (χ3n) is 5.26. The molecule has 1 saturated heterocycles. The molecule has 2 aromatic rings. The molecule has 0 aromatic heterocycles. The van der Waals surface area contributed by atoms with Gasteiger partial charge in [0.05, 0.1) is 11.4 Å². The van der Waals surface area contributed by atoms with Crippen molar-refractivity contribution in [3.8, 4) is 5.75 Å². The Morgan fingerprint density at radius 2 is 1.88 bits per heavy atom. The lowest BCUT2D eigenvalue weighted by Gasteiger charge is -2.40. The van der Waals surface area contributed by atoms with Gasteiger partial charge in [-0.1, -0.05) is 19.1 Å². The highest BCUT2D eigenvalue weighted by Gasteiger charge is 2.42. The van der Waals surface area contributed by atoms with Gasteiger partial charge in [-0.25, -0.2) is 0 Å². The van der Waals surface area contributed by atoms with E-state index in [4.69, 9.17) is 10.5 Å². The summed E-state index contributed by atoms with van der Waals surface area (Å²) in [6, 6.07) is 14.5. The first kappa shape index (κ1) is 16.9. The normalized spacial score (nSPS) is 18.8. The predicted molar refractivity (Wildman–Crippen MR) is 103 cm³/mol. The zero-order valence-corrected chi connectivity index (χ0v) is 15.1. The Hall–Kier alpha value is -2.53. The van der Waals surface area contributed by atoms with Gasteiger partial charge in [0.2, 0.25) is 0 Å². The first-order valence-corrected chi connectivity index (χ1v) is 9.16. The van der Waals surface area contributed by atoms with Gasteiger partial charge in [-0.2, -0.15) is 0 Å². The maximum atomic E-state index is 12.3. The van der Waals surface area contributed by atoms with Crippen LogP contribution in [0.2, 0.25) is 0 Å². The minimum absolute atomic E-state index is 0.179. The maximum Gasteiger partial charge on any atom is 0.255 e. The third-order valence-corrected chi connectivity index (χ3v) is 5.26. The lowest BCUT2D eigenvalue weighted by atomic mass is 10.1. The molecule has 1 saturated carbocycles. The summed E-state index contributed by atoms with van der Waals surface area (Å²) in [6.45, 7) is 5.53. The average Bonchev–Trinajstić information content (AvgIpc) is 3.33. The number of carbonyl (C=O) groups excluding carboxylic acids is 1. The van der Waals surface area contributed by atoms with Crippen molar-refractivity contribution in [3.63, 3.8) is 0 Å². The van der Waals surface area contributed by atoms with Crippen LogP contribution in [0.15, 0.2) is 48.5 Å². The molecule has 0 bridgehead atoms. The van der Waals surface area contributed by atoms with Crippen molar-refractivity contribution in [2.75, 3.05) is 30.7 Å². The molecule has 136 valence electrons. The molecule has 2 aliphatic rings. The van der Waals surface area contributed by atoms with Crippen LogP contribution >= 0.6 is 0 Å². The van der Waals surface area contributed by atoms with Gasteiger partial charge in [-0.15, -0.1) is 0 Å².